The molecule has 2 aromatic carbocycles. The molecule has 0 fully saturated rings. The number of aryl methyl sites for hydroxylation is 1. The summed E-state index contributed by atoms with van der Waals surface area (Å²) in [5.74, 6) is -0.410. The molecule has 106 valence electrons. The fourth-order valence-corrected chi connectivity index (χ4v) is 3.38. The summed E-state index contributed by atoms with van der Waals surface area (Å²) in [6.45, 7) is 1.60. The van der Waals surface area contributed by atoms with Gasteiger partial charge in [0.2, 0.25) is 0 Å². The molecule has 2 aromatic rings. The molecule has 21 heavy (non-hydrogen) atoms. The van der Waals surface area contributed by atoms with Gasteiger partial charge in [-0.15, -0.1) is 0 Å². The molecule has 0 aromatic heterocycles. The molecule has 1 aliphatic rings. The summed E-state index contributed by atoms with van der Waals surface area (Å²) < 4.78 is 13.5. The van der Waals surface area contributed by atoms with Crippen molar-refractivity contribution >= 4 is 0 Å². The van der Waals surface area contributed by atoms with Gasteiger partial charge in [-0.05, 0) is 48.6 Å². The van der Waals surface area contributed by atoms with Gasteiger partial charge < -0.3 is 5.11 Å². The summed E-state index contributed by atoms with van der Waals surface area (Å²) in [6, 6.07) is 15.9. The molecule has 2 unspecified atom stereocenters. The Morgan fingerprint density at radius 2 is 2.00 bits per heavy atom. The molecule has 0 saturated heterocycles. The maximum absolute atomic E-state index is 13.5. The molecule has 0 radical (unpaired) electrons. The molecule has 0 spiro atoms. The van der Waals surface area contributed by atoms with Crippen molar-refractivity contribution in [2.45, 2.75) is 30.8 Å². The number of aliphatic hydroxyl groups is 1. The number of benzene rings is 2. The van der Waals surface area contributed by atoms with E-state index >= 15 is 0 Å². The van der Waals surface area contributed by atoms with E-state index in [1.807, 2.05) is 24.3 Å². The zero-order valence-corrected chi connectivity index (χ0v) is 11.8. The van der Waals surface area contributed by atoms with Crippen LogP contribution in [-0.2, 0) is 17.4 Å². The zero-order chi connectivity index (χ0) is 15.1. The average Bonchev–Trinajstić information content (AvgIpc) is 2.88. The van der Waals surface area contributed by atoms with Gasteiger partial charge in [-0.1, -0.05) is 36.4 Å². The van der Waals surface area contributed by atoms with E-state index < -0.39 is 16.8 Å². The first kappa shape index (κ1) is 13.8. The van der Waals surface area contributed by atoms with Crippen LogP contribution in [0.2, 0.25) is 0 Å². The average molecular weight is 281 g/mol. The number of halogens is 1. The number of hydrogen-bond acceptors (Lipinski definition) is 2. The molecular formula is C18H16FNO. The fraction of sp³-hybridized carbons (Fsp3) is 0.278. The number of nitrogens with zero attached hydrogens (tertiary/aromatic N) is 1. The van der Waals surface area contributed by atoms with Crippen LogP contribution in [0.4, 0.5) is 4.39 Å². The van der Waals surface area contributed by atoms with Crippen molar-refractivity contribution in [3.63, 3.8) is 0 Å². The lowest BCUT2D eigenvalue weighted by molar-refractivity contribution is -0.00435. The van der Waals surface area contributed by atoms with Crippen molar-refractivity contribution in [3.05, 3.63) is 71.0 Å². The first-order valence-electron chi connectivity index (χ1n) is 6.99. The molecule has 0 amide bonds. The highest BCUT2D eigenvalue weighted by Crippen LogP contribution is 2.50. The summed E-state index contributed by atoms with van der Waals surface area (Å²) >= 11 is 0. The quantitative estimate of drug-likeness (QED) is 0.916. The minimum absolute atomic E-state index is 0.410. The predicted molar refractivity (Wildman–Crippen MR) is 78.0 cm³/mol. The van der Waals surface area contributed by atoms with Gasteiger partial charge in [-0.3, -0.25) is 0 Å². The Morgan fingerprint density at radius 3 is 2.71 bits per heavy atom. The lowest BCUT2D eigenvalue weighted by atomic mass is 9.66. The molecule has 0 heterocycles. The van der Waals surface area contributed by atoms with Crippen molar-refractivity contribution in [1.82, 2.24) is 0 Å². The predicted octanol–water partition coefficient (Wildman–Crippen LogP) is 3.44. The van der Waals surface area contributed by atoms with Crippen LogP contribution in [0.1, 0.15) is 30.0 Å². The zero-order valence-electron chi connectivity index (χ0n) is 11.8. The molecular weight excluding hydrogens is 265 g/mol. The van der Waals surface area contributed by atoms with Crippen LogP contribution < -0.4 is 0 Å². The maximum atomic E-state index is 13.5. The van der Waals surface area contributed by atoms with E-state index in [0.717, 1.165) is 17.5 Å². The maximum Gasteiger partial charge on any atom is 0.123 e. The van der Waals surface area contributed by atoms with E-state index in [1.165, 1.54) is 12.1 Å². The molecule has 3 heteroatoms. The Morgan fingerprint density at radius 1 is 1.24 bits per heavy atom. The van der Waals surface area contributed by atoms with Crippen LogP contribution in [0.15, 0.2) is 48.5 Å². The number of nitriles is 1. The van der Waals surface area contributed by atoms with E-state index in [0.29, 0.717) is 12.0 Å². The minimum Gasteiger partial charge on any atom is -0.383 e. The Labute approximate surface area is 123 Å². The van der Waals surface area contributed by atoms with E-state index in [4.69, 9.17) is 0 Å². The normalized spacial score (nSPS) is 23.1. The van der Waals surface area contributed by atoms with Crippen molar-refractivity contribution in [1.29, 1.82) is 5.26 Å². The topological polar surface area (TPSA) is 44.0 Å². The monoisotopic (exact) mass is 281 g/mol. The number of rotatable bonds is 2. The first-order chi connectivity index (χ1) is 10.0. The molecule has 1 N–H and O–H groups in total. The summed E-state index contributed by atoms with van der Waals surface area (Å²) in [4.78, 5) is 0. The molecule has 2 nitrogen and oxygen atoms in total. The van der Waals surface area contributed by atoms with Crippen molar-refractivity contribution in [2.24, 2.45) is 0 Å². The van der Waals surface area contributed by atoms with Crippen LogP contribution in [0, 0.1) is 17.1 Å². The van der Waals surface area contributed by atoms with Gasteiger partial charge in [0.1, 0.15) is 16.8 Å². The SMILES string of the molecule is CC(O)(c1cccc(F)c1)C1(C#N)CCc2ccccc21. The van der Waals surface area contributed by atoms with E-state index in [-0.39, 0.29) is 0 Å². The van der Waals surface area contributed by atoms with Crippen LogP contribution in [0.25, 0.3) is 0 Å². The number of fused-ring (bicyclic) bond motifs is 1. The van der Waals surface area contributed by atoms with E-state index in [9.17, 15) is 14.8 Å². The molecule has 0 bridgehead atoms. The standard InChI is InChI=1S/C18H16FNO/c1-17(21,14-6-4-7-15(19)11-14)18(12-20)10-9-13-5-2-3-8-16(13)18/h2-8,11,21H,9-10H2,1H3. The minimum atomic E-state index is -1.45. The van der Waals surface area contributed by atoms with E-state index in [2.05, 4.69) is 6.07 Å². The third-order valence-corrected chi connectivity index (χ3v) is 4.66. The highest BCUT2D eigenvalue weighted by Gasteiger charge is 2.53. The summed E-state index contributed by atoms with van der Waals surface area (Å²) in [5.41, 5.74) is -0.133. The van der Waals surface area contributed by atoms with Gasteiger partial charge in [0, 0.05) is 0 Å². The lowest BCUT2D eigenvalue weighted by Gasteiger charge is -2.38. The number of hydrogen-bond donors (Lipinski definition) is 1. The summed E-state index contributed by atoms with van der Waals surface area (Å²) in [5, 5.41) is 20.9. The largest absolute Gasteiger partial charge is 0.383 e. The Balaban J connectivity index is 2.19. The van der Waals surface area contributed by atoms with Crippen molar-refractivity contribution in [2.75, 3.05) is 0 Å². The van der Waals surface area contributed by atoms with Crippen LogP contribution >= 0.6 is 0 Å². The van der Waals surface area contributed by atoms with Gasteiger partial charge in [0.25, 0.3) is 0 Å². The smallest absolute Gasteiger partial charge is 0.123 e. The first-order valence-corrected chi connectivity index (χ1v) is 6.99. The highest BCUT2D eigenvalue weighted by molar-refractivity contribution is 5.49. The third-order valence-electron chi connectivity index (χ3n) is 4.66. The molecule has 0 saturated carbocycles. The second kappa shape index (κ2) is 4.68. The van der Waals surface area contributed by atoms with Crippen molar-refractivity contribution in [3.8, 4) is 6.07 Å². The summed E-state index contributed by atoms with van der Waals surface area (Å²) in [6.07, 6.45) is 1.28. The molecule has 0 aliphatic heterocycles. The Hall–Kier alpha value is -2.18. The van der Waals surface area contributed by atoms with E-state index in [1.54, 1.807) is 19.1 Å². The molecule has 2 atom stereocenters. The lowest BCUT2D eigenvalue weighted by Crippen LogP contribution is -2.45. The van der Waals surface area contributed by atoms with Crippen LogP contribution in [0.3, 0.4) is 0 Å². The Kier molecular flexibility index (Phi) is 3.07. The van der Waals surface area contributed by atoms with Gasteiger partial charge in [0.15, 0.2) is 0 Å². The van der Waals surface area contributed by atoms with Gasteiger partial charge >= 0.3 is 0 Å². The van der Waals surface area contributed by atoms with Gasteiger partial charge in [-0.2, -0.15) is 5.26 Å². The molecule has 1 aliphatic carbocycles. The summed E-state index contributed by atoms with van der Waals surface area (Å²) in [7, 11) is 0. The van der Waals surface area contributed by atoms with Crippen LogP contribution in [-0.4, -0.2) is 5.11 Å². The van der Waals surface area contributed by atoms with Crippen molar-refractivity contribution < 1.29 is 9.50 Å². The van der Waals surface area contributed by atoms with Crippen LogP contribution in [0.5, 0.6) is 0 Å². The second-order valence-electron chi connectivity index (χ2n) is 5.76. The van der Waals surface area contributed by atoms with Gasteiger partial charge in [0.05, 0.1) is 6.07 Å². The highest BCUT2D eigenvalue weighted by atomic mass is 19.1. The third kappa shape index (κ3) is 1.87. The second-order valence-corrected chi connectivity index (χ2v) is 5.76. The fourth-order valence-electron chi connectivity index (χ4n) is 3.38. The Bertz CT molecular complexity index is 732. The molecule has 3 rings (SSSR count). The van der Waals surface area contributed by atoms with Gasteiger partial charge in [-0.25, -0.2) is 4.39 Å².